The van der Waals surface area contributed by atoms with Crippen molar-refractivity contribution < 1.29 is 22.3 Å². The van der Waals surface area contributed by atoms with Crippen molar-refractivity contribution in [1.29, 1.82) is 0 Å². The van der Waals surface area contributed by atoms with Gasteiger partial charge in [0.15, 0.2) is 5.03 Å². The summed E-state index contributed by atoms with van der Waals surface area (Å²) in [6.45, 7) is 12.1. The fourth-order valence-electron chi connectivity index (χ4n) is 4.54. The molecule has 1 atom stereocenters. The van der Waals surface area contributed by atoms with Crippen LogP contribution in [0.15, 0.2) is 53.6 Å². The number of sulfonamides is 1. The van der Waals surface area contributed by atoms with Crippen LogP contribution in [0.3, 0.4) is 0 Å². The summed E-state index contributed by atoms with van der Waals surface area (Å²) in [4.78, 5) is 24.0. The van der Waals surface area contributed by atoms with E-state index in [0.29, 0.717) is 48.4 Å². The molecule has 214 valence electrons. The molecule has 1 fully saturated rings. The number of pyridine rings is 2. The van der Waals surface area contributed by atoms with Crippen molar-refractivity contribution in [1.82, 2.24) is 14.7 Å². The predicted octanol–water partition coefficient (Wildman–Crippen LogP) is 4.89. The maximum absolute atomic E-state index is 14.6. The first kappa shape index (κ1) is 29.3. The van der Waals surface area contributed by atoms with Crippen LogP contribution in [0.2, 0.25) is 0 Å². The average molecular weight is 570 g/mol. The Morgan fingerprint density at radius 3 is 2.62 bits per heavy atom. The summed E-state index contributed by atoms with van der Waals surface area (Å²) in [5.74, 6) is 0.0756. The van der Waals surface area contributed by atoms with E-state index in [1.165, 1.54) is 36.4 Å². The molecule has 3 aromatic rings. The van der Waals surface area contributed by atoms with Crippen molar-refractivity contribution in [3.8, 4) is 17.0 Å². The second kappa shape index (κ2) is 11.4. The third-order valence-electron chi connectivity index (χ3n) is 7.18. The van der Waals surface area contributed by atoms with E-state index in [9.17, 15) is 17.6 Å². The summed E-state index contributed by atoms with van der Waals surface area (Å²) in [6.07, 6.45) is 0.860. The van der Waals surface area contributed by atoms with Crippen molar-refractivity contribution in [2.45, 2.75) is 46.1 Å². The molecular weight excluding hydrogens is 533 g/mol. The maximum atomic E-state index is 14.6. The number of hydrogen-bond donors (Lipinski definition) is 2. The zero-order chi connectivity index (χ0) is 29.2. The minimum atomic E-state index is -4.30. The monoisotopic (exact) mass is 569 g/mol. The molecule has 1 aromatic carbocycles. The largest absolute Gasteiger partial charge is 0.493 e. The third-order valence-corrected chi connectivity index (χ3v) is 8.41. The van der Waals surface area contributed by atoms with Crippen molar-refractivity contribution in [2.75, 3.05) is 30.3 Å². The molecule has 1 saturated heterocycles. The van der Waals surface area contributed by atoms with Crippen molar-refractivity contribution >= 4 is 27.6 Å². The quantitative estimate of drug-likeness (QED) is 0.393. The standard InChI is InChI=1S/C29H36FN5O4S/c1-18(2)16-39-22-14-20(13-21(30)15-22)24-10-9-23(27(32-24)35-12-11-19(3)29(4,5)17-35)28(36)34-40(37,38)26-8-6-7-25(31)33-26/h6-10,13-15,18-19H,11-12,16-17H2,1-5H3,(H2,31,33)(H,34,36). The molecule has 0 aliphatic carbocycles. The van der Waals surface area contributed by atoms with E-state index in [-0.39, 0.29) is 27.7 Å². The Bertz CT molecular complexity index is 1510. The van der Waals surface area contributed by atoms with Crippen LogP contribution >= 0.6 is 0 Å². The van der Waals surface area contributed by atoms with Crippen molar-refractivity contribution in [2.24, 2.45) is 17.3 Å². The van der Waals surface area contributed by atoms with Gasteiger partial charge in [-0.1, -0.05) is 40.7 Å². The Hall–Kier alpha value is -3.73. The van der Waals surface area contributed by atoms with Crippen molar-refractivity contribution in [3.05, 3.63) is 59.9 Å². The molecule has 1 amide bonds. The fraction of sp³-hybridized carbons (Fsp3) is 0.414. The van der Waals surface area contributed by atoms with Gasteiger partial charge in [-0.3, -0.25) is 4.79 Å². The van der Waals surface area contributed by atoms with Gasteiger partial charge in [0, 0.05) is 24.7 Å². The number of carbonyl (C=O) groups excluding carboxylic acids is 1. The van der Waals surface area contributed by atoms with Crippen LogP contribution in [-0.2, 0) is 10.0 Å². The molecule has 11 heteroatoms. The van der Waals surface area contributed by atoms with Crippen LogP contribution in [0.5, 0.6) is 5.75 Å². The van der Waals surface area contributed by atoms with Crippen LogP contribution < -0.4 is 20.1 Å². The number of aromatic nitrogens is 2. The summed E-state index contributed by atoms with van der Waals surface area (Å²) in [5, 5.41) is -0.367. The highest BCUT2D eigenvalue weighted by Gasteiger charge is 2.35. The summed E-state index contributed by atoms with van der Waals surface area (Å²) < 4.78 is 48.3. The molecular formula is C29H36FN5O4S. The Labute approximate surface area is 235 Å². The highest BCUT2D eigenvalue weighted by Crippen LogP contribution is 2.38. The predicted molar refractivity (Wildman–Crippen MR) is 153 cm³/mol. The number of nitrogen functional groups attached to an aromatic ring is 1. The van der Waals surface area contributed by atoms with E-state index in [2.05, 4.69) is 30.5 Å². The Balaban J connectivity index is 1.75. The highest BCUT2D eigenvalue weighted by atomic mass is 32.2. The van der Waals surface area contributed by atoms with Gasteiger partial charge in [-0.2, -0.15) is 8.42 Å². The Morgan fingerprint density at radius 1 is 1.20 bits per heavy atom. The van der Waals surface area contributed by atoms with Gasteiger partial charge in [0.2, 0.25) is 0 Å². The van der Waals surface area contributed by atoms with Gasteiger partial charge >= 0.3 is 0 Å². The van der Waals surface area contributed by atoms with Gasteiger partial charge in [0.1, 0.15) is 23.2 Å². The molecule has 1 aliphatic rings. The van der Waals surface area contributed by atoms with Gasteiger partial charge in [-0.15, -0.1) is 0 Å². The number of ether oxygens (including phenoxy) is 1. The lowest BCUT2D eigenvalue weighted by molar-refractivity contribution is 0.0980. The second-order valence-electron chi connectivity index (χ2n) is 11.4. The summed E-state index contributed by atoms with van der Waals surface area (Å²) >= 11 is 0. The number of benzene rings is 1. The second-order valence-corrected chi connectivity index (χ2v) is 13.0. The molecule has 0 radical (unpaired) electrons. The molecule has 3 N–H and O–H groups in total. The molecule has 40 heavy (non-hydrogen) atoms. The number of amides is 1. The molecule has 3 heterocycles. The van der Waals surface area contributed by atoms with Gasteiger partial charge in [0.25, 0.3) is 15.9 Å². The van der Waals surface area contributed by atoms with Gasteiger partial charge < -0.3 is 15.4 Å². The van der Waals surface area contributed by atoms with E-state index in [0.717, 1.165) is 6.42 Å². The first-order valence-corrected chi connectivity index (χ1v) is 14.7. The molecule has 2 aromatic heterocycles. The van der Waals surface area contributed by atoms with Crippen LogP contribution in [0.1, 0.15) is 51.4 Å². The number of hydrogen-bond acceptors (Lipinski definition) is 8. The smallest absolute Gasteiger partial charge is 0.281 e. The number of carbonyl (C=O) groups is 1. The first-order chi connectivity index (χ1) is 18.7. The minimum absolute atomic E-state index is 0.0125. The lowest BCUT2D eigenvalue weighted by atomic mass is 9.75. The van der Waals surface area contributed by atoms with Crippen LogP contribution in [0.25, 0.3) is 11.3 Å². The number of halogens is 1. The lowest BCUT2D eigenvalue weighted by Crippen LogP contribution is -2.46. The molecule has 1 unspecified atom stereocenters. The zero-order valence-corrected chi connectivity index (χ0v) is 24.3. The summed E-state index contributed by atoms with van der Waals surface area (Å²) in [5.41, 5.74) is 6.54. The van der Waals surface area contributed by atoms with Gasteiger partial charge in [-0.25, -0.2) is 19.1 Å². The summed E-state index contributed by atoms with van der Waals surface area (Å²) in [7, 11) is -4.30. The molecule has 1 aliphatic heterocycles. The van der Waals surface area contributed by atoms with Crippen LogP contribution in [0.4, 0.5) is 16.0 Å². The topological polar surface area (TPSA) is 128 Å². The van der Waals surface area contributed by atoms with E-state index in [1.807, 2.05) is 18.7 Å². The SMILES string of the molecule is CC(C)COc1cc(F)cc(-c2ccc(C(=O)NS(=O)(=O)c3cccc(N)n3)c(N3CCC(C)C(C)(C)C3)n2)c1. The normalized spacial score (nSPS) is 17.1. The molecule has 0 saturated carbocycles. The van der Waals surface area contributed by atoms with E-state index < -0.39 is 21.7 Å². The highest BCUT2D eigenvalue weighted by molar-refractivity contribution is 7.90. The number of nitrogens with two attached hydrogens (primary N) is 1. The molecule has 9 nitrogen and oxygen atoms in total. The number of anilines is 2. The number of piperidine rings is 1. The number of rotatable bonds is 8. The molecule has 4 rings (SSSR count). The van der Waals surface area contributed by atoms with Crippen LogP contribution in [-0.4, -0.2) is 44.0 Å². The number of nitrogens with one attached hydrogen (secondary N) is 1. The molecule has 0 spiro atoms. The van der Waals surface area contributed by atoms with E-state index in [4.69, 9.17) is 15.5 Å². The molecule has 0 bridgehead atoms. The van der Waals surface area contributed by atoms with E-state index in [1.54, 1.807) is 12.1 Å². The number of nitrogens with zero attached hydrogens (tertiary/aromatic N) is 3. The van der Waals surface area contributed by atoms with Gasteiger partial charge in [-0.05, 0) is 60.1 Å². The first-order valence-electron chi connectivity index (χ1n) is 13.2. The fourth-order valence-corrected chi connectivity index (χ4v) is 5.48. The van der Waals surface area contributed by atoms with Gasteiger partial charge in [0.05, 0.1) is 17.9 Å². The van der Waals surface area contributed by atoms with Crippen LogP contribution in [0, 0.1) is 23.1 Å². The third kappa shape index (κ3) is 6.70. The average Bonchev–Trinajstić information content (AvgIpc) is 2.88. The van der Waals surface area contributed by atoms with Crippen molar-refractivity contribution in [3.63, 3.8) is 0 Å². The Morgan fingerprint density at radius 2 is 1.95 bits per heavy atom. The van der Waals surface area contributed by atoms with E-state index >= 15 is 0 Å². The Kier molecular flexibility index (Phi) is 8.34. The minimum Gasteiger partial charge on any atom is -0.493 e. The summed E-state index contributed by atoms with van der Waals surface area (Å²) in [6, 6.07) is 11.6. The lowest BCUT2D eigenvalue weighted by Gasteiger charge is -2.44. The maximum Gasteiger partial charge on any atom is 0.281 e. The zero-order valence-electron chi connectivity index (χ0n) is 23.4.